The molecule has 1 unspecified atom stereocenters. The number of carbonyl (C=O) groups excluding carboxylic acids is 2. The number of benzene rings is 1. The van der Waals surface area contributed by atoms with Crippen molar-refractivity contribution in [2.45, 2.75) is 19.4 Å². The van der Waals surface area contributed by atoms with Crippen LogP contribution in [0.15, 0.2) is 30.3 Å². The molecule has 1 N–H and O–H groups in total. The van der Waals surface area contributed by atoms with Crippen molar-refractivity contribution in [3.63, 3.8) is 0 Å². The van der Waals surface area contributed by atoms with Crippen LogP contribution in [-0.2, 0) is 9.59 Å². The van der Waals surface area contributed by atoms with E-state index in [1.807, 2.05) is 30.3 Å². The maximum atomic E-state index is 11.9. The van der Waals surface area contributed by atoms with Crippen LogP contribution in [0.5, 0.6) is 0 Å². The molecule has 1 saturated heterocycles. The molecule has 90 valence electrons. The zero-order valence-electron chi connectivity index (χ0n) is 9.67. The van der Waals surface area contributed by atoms with Crippen LogP contribution in [0.4, 0.5) is 0 Å². The Balaban J connectivity index is 2.31. The molecular formula is C13H15NO3. The molecule has 1 aromatic carbocycles. The number of imide groups is 1. The quantitative estimate of drug-likeness (QED) is 0.796. The predicted octanol–water partition coefficient (Wildman–Crippen LogP) is 1.11. The Morgan fingerprint density at radius 2 is 2.00 bits per heavy atom. The highest BCUT2D eigenvalue weighted by molar-refractivity contribution is 6.03. The van der Waals surface area contributed by atoms with Gasteiger partial charge in [0.2, 0.25) is 11.8 Å². The van der Waals surface area contributed by atoms with Crippen molar-refractivity contribution in [2.75, 3.05) is 6.61 Å². The van der Waals surface area contributed by atoms with E-state index >= 15 is 0 Å². The van der Waals surface area contributed by atoms with E-state index in [9.17, 15) is 14.7 Å². The minimum Gasteiger partial charge on any atom is -0.394 e. The van der Waals surface area contributed by atoms with Gasteiger partial charge in [-0.2, -0.15) is 0 Å². The van der Waals surface area contributed by atoms with Crippen molar-refractivity contribution in [1.82, 2.24) is 4.90 Å². The zero-order valence-corrected chi connectivity index (χ0v) is 9.67. The smallest absolute Gasteiger partial charge is 0.233 e. The maximum Gasteiger partial charge on any atom is 0.233 e. The van der Waals surface area contributed by atoms with Crippen LogP contribution in [0.2, 0.25) is 0 Å². The lowest BCUT2D eigenvalue weighted by molar-refractivity contribution is -0.143. The normalized spacial score (nSPS) is 22.0. The molecule has 4 nitrogen and oxygen atoms in total. The first-order chi connectivity index (χ1) is 8.15. The molecular weight excluding hydrogens is 218 g/mol. The van der Waals surface area contributed by atoms with Crippen molar-refractivity contribution in [1.29, 1.82) is 0 Å². The highest BCUT2D eigenvalue weighted by Crippen LogP contribution is 2.29. The van der Waals surface area contributed by atoms with Crippen molar-refractivity contribution >= 4 is 11.8 Å². The Morgan fingerprint density at radius 3 is 2.47 bits per heavy atom. The second-order valence-corrected chi connectivity index (χ2v) is 4.32. The molecule has 1 aromatic rings. The monoisotopic (exact) mass is 233 g/mol. The summed E-state index contributed by atoms with van der Waals surface area (Å²) in [4.78, 5) is 24.8. The second kappa shape index (κ2) is 4.67. The van der Waals surface area contributed by atoms with E-state index in [1.165, 1.54) is 4.90 Å². The average Bonchev–Trinajstić information content (AvgIpc) is 2.58. The van der Waals surface area contributed by atoms with Gasteiger partial charge >= 0.3 is 0 Å². The number of rotatable bonds is 3. The second-order valence-electron chi connectivity index (χ2n) is 4.32. The van der Waals surface area contributed by atoms with Gasteiger partial charge in [0.15, 0.2) is 0 Å². The number of likely N-dealkylation sites (tertiary alicyclic amines) is 1. The molecule has 1 fully saturated rings. The number of aliphatic hydroxyl groups excluding tert-OH is 1. The third-order valence-electron chi connectivity index (χ3n) is 3.08. The number of carbonyl (C=O) groups is 2. The van der Waals surface area contributed by atoms with Gasteiger partial charge in [0, 0.05) is 12.3 Å². The average molecular weight is 233 g/mol. The van der Waals surface area contributed by atoms with Crippen LogP contribution in [-0.4, -0.2) is 28.4 Å². The van der Waals surface area contributed by atoms with Gasteiger partial charge in [-0.1, -0.05) is 37.3 Å². The topological polar surface area (TPSA) is 57.6 Å². The number of hydrogen-bond acceptors (Lipinski definition) is 3. The number of nitrogens with zero attached hydrogens (tertiary/aromatic N) is 1. The lowest BCUT2D eigenvalue weighted by atomic mass is 10.1. The summed E-state index contributed by atoms with van der Waals surface area (Å²) in [6.45, 7) is 1.49. The molecule has 0 spiro atoms. The molecule has 0 aliphatic carbocycles. The molecule has 0 aromatic heterocycles. The van der Waals surface area contributed by atoms with Gasteiger partial charge in [0.25, 0.3) is 0 Å². The standard InChI is InChI=1S/C13H15NO3/c1-9-7-12(16)14(13(9)17)11(8-15)10-5-3-2-4-6-10/h2-6,9,11,15H,7-8H2,1H3/t9?,11-/m0/s1. The van der Waals surface area contributed by atoms with Crippen molar-refractivity contribution in [2.24, 2.45) is 5.92 Å². The molecule has 0 saturated carbocycles. The molecule has 0 bridgehead atoms. The lowest BCUT2D eigenvalue weighted by Gasteiger charge is -2.25. The van der Waals surface area contributed by atoms with Crippen LogP contribution >= 0.6 is 0 Å². The fourth-order valence-electron chi connectivity index (χ4n) is 2.15. The van der Waals surface area contributed by atoms with Gasteiger partial charge < -0.3 is 5.11 Å². The molecule has 1 aliphatic rings. The van der Waals surface area contributed by atoms with Crippen molar-refractivity contribution in [3.8, 4) is 0 Å². The van der Waals surface area contributed by atoms with E-state index in [0.29, 0.717) is 0 Å². The van der Waals surface area contributed by atoms with E-state index in [2.05, 4.69) is 0 Å². The summed E-state index contributed by atoms with van der Waals surface area (Å²) in [6, 6.07) is 8.57. The van der Waals surface area contributed by atoms with Crippen LogP contribution in [0, 0.1) is 5.92 Å². The van der Waals surface area contributed by atoms with Gasteiger partial charge in [-0.05, 0) is 5.56 Å². The summed E-state index contributed by atoms with van der Waals surface area (Å²) < 4.78 is 0. The van der Waals surface area contributed by atoms with E-state index in [1.54, 1.807) is 6.92 Å². The van der Waals surface area contributed by atoms with E-state index in [-0.39, 0.29) is 30.8 Å². The summed E-state index contributed by atoms with van der Waals surface area (Å²) >= 11 is 0. The van der Waals surface area contributed by atoms with Crippen molar-refractivity contribution in [3.05, 3.63) is 35.9 Å². The molecule has 1 heterocycles. The lowest BCUT2D eigenvalue weighted by Crippen LogP contribution is -2.36. The third kappa shape index (κ3) is 2.08. The van der Waals surface area contributed by atoms with Crippen LogP contribution in [0.25, 0.3) is 0 Å². The van der Waals surface area contributed by atoms with Gasteiger partial charge in [-0.15, -0.1) is 0 Å². The minimum atomic E-state index is -0.554. The van der Waals surface area contributed by atoms with Crippen LogP contribution < -0.4 is 0 Å². The minimum absolute atomic E-state index is 0.196. The van der Waals surface area contributed by atoms with E-state index in [4.69, 9.17) is 0 Å². The summed E-state index contributed by atoms with van der Waals surface area (Å²) in [7, 11) is 0. The fourth-order valence-corrected chi connectivity index (χ4v) is 2.15. The first-order valence-corrected chi connectivity index (χ1v) is 5.67. The van der Waals surface area contributed by atoms with Crippen LogP contribution in [0.3, 0.4) is 0 Å². The third-order valence-corrected chi connectivity index (χ3v) is 3.08. The molecule has 2 atom stereocenters. The van der Waals surface area contributed by atoms with Crippen molar-refractivity contribution < 1.29 is 14.7 Å². The predicted molar refractivity (Wildman–Crippen MR) is 61.9 cm³/mol. The Kier molecular flexibility index (Phi) is 3.24. The molecule has 17 heavy (non-hydrogen) atoms. The Morgan fingerprint density at radius 1 is 1.35 bits per heavy atom. The summed E-state index contributed by atoms with van der Waals surface area (Å²) in [5, 5.41) is 9.42. The summed E-state index contributed by atoms with van der Waals surface area (Å²) in [5.74, 6) is -0.677. The number of aliphatic hydroxyl groups is 1. The molecule has 2 rings (SSSR count). The van der Waals surface area contributed by atoms with E-state index in [0.717, 1.165) is 5.56 Å². The zero-order chi connectivity index (χ0) is 12.4. The van der Waals surface area contributed by atoms with Gasteiger partial charge in [-0.3, -0.25) is 14.5 Å². The Labute approximate surface area is 99.9 Å². The van der Waals surface area contributed by atoms with Gasteiger partial charge in [0.1, 0.15) is 0 Å². The number of amides is 2. The Hall–Kier alpha value is -1.68. The van der Waals surface area contributed by atoms with E-state index < -0.39 is 6.04 Å². The fraction of sp³-hybridized carbons (Fsp3) is 0.385. The van der Waals surface area contributed by atoms with Crippen LogP contribution in [0.1, 0.15) is 24.9 Å². The van der Waals surface area contributed by atoms with Gasteiger partial charge in [0.05, 0.1) is 12.6 Å². The molecule has 2 amide bonds. The SMILES string of the molecule is CC1CC(=O)N([C@@H](CO)c2ccccc2)C1=O. The molecule has 4 heteroatoms. The first-order valence-electron chi connectivity index (χ1n) is 5.67. The largest absolute Gasteiger partial charge is 0.394 e. The summed E-state index contributed by atoms with van der Waals surface area (Å²) in [5.41, 5.74) is 0.783. The highest BCUT2D eigenvalue weighted by Gasteiger charge is 2.40. The Bertz CT molecular complexity index is 430. The summed E-state index contributed by atoms with van der Waals surface area (Å²) in [6.07, 6.45) is 0.238. The molecule has 1 aliphatic heterocycles. The maximum absolute atomic E-state index is 11.9. The highest BCUT2D eigenvalue weighted by atomic mass is 16.3. The first kappa shape index (κ1) is 11.8. The van der Waals surface area contributed by atoms with Gasteiger partial charge in [-0.25, -0.2) is 0 Å². The molecule has 0 radical (unpaired) electrons. The number of hydrogen-bond donors (Lipinski definition) is 1.